The standard InChI is InChI=1S/C13H9Cl2N3O2S2/c1-6-5-21-13(20)18(6)4-9(19)16-12-17-11-8(22-12)3-2-7(14)10(11)15/h2-3,5H,4H2,1H3,(H,16,17,19). The molecule has 2 aromatic heterocycles. The second-order valence-electron chi connectivity index (χ2n) is 4.50. The lowest BCUT2D eigenvalue weighted by Gasteiger charge is -2.03. The Morgan fingerprint density at radius 1 is 1.41 bits per heavy atom. The van der Waals surface area contributed by atoms with Crippen LogP contribution in [0, 0.1) is 6.92 Å². The van der Waals surface area contributed by atoms with Gasteiger partial charge >= 0.3 is 4.87 Å². The Hall–Kier alpha value is -1.41. The van der Waals surface area contributed by atoms with Gasteiger partial charge in [-0.15, -0.1) is 0 Å². The van der Waals surface area contributed by atoms with Crippen molar-refractivity contribution in [2.24, 2.45) is 0 Å². The number of benzene rings is 1. The largest absolute Gasteiger partial charge is 0.307 e. The topological polar surface area (TPSA) is 64.0 Å². The van der Waals surface area contributed by atoms with E-state index in [1.165, 1.54) is 15.9 Å². The molecular formula is C13H9Cl2N3O2S2. The van der Waals surface area contributed by atoms with Crippen LogP contribution in [-0.4, -0.2) is 15.5 Å². The van der Waals surface area contributed by atoms with Crippen LogP contribution in [0.3, 0.4) is 0 Å². The fourth-order valence-electron chi connectivity index (χ4n) is 1.89. The molecule has 3 aromatic rings. The highest BCUT2D eigenvalue weighted by molar-refractivity contribution is 7.22. The maximum absolute atomic E-state index is 12.1. The van der Waals surface area contributed by atoms with Crippen molar-refractivity contribution >= 4 is 67.1 Å². The molecule has 9 heteroatoms. The predicted molar refractivity (Wildman–Crippen MR) is 91.6 cm³/mol. The van der Waals surface area contributed by atoms with Gasteiger partial charge in [-0.1, -0.05) is 45.9 Å². The molecule has 0 atom stereocenters. The van der Waals surface area contributed by atoms with E-state index in [0.29, 0.717) is 20.7 Å². The lowest BCUT2D eigenvalue weighted by atomic mass is 10.3. The van der Waals surface area contributed by atoms with Crippen LogP contribution in [-0.2, 0) is 11.3 Å². The first kappa shape index (κ1) is 15.5. The number of aromatic nitrogens is 2. The number of carbonyl (C=O) groups is 1. The number of halogens is 2. The van der Waals surface area contributed by atoms with Crippen LogP contribution in [0.5, 0.6) is 0 Å². The number of amides is 1. The van der Waals surface area contributed by atoms with Crippen molar-refractivity contribution in [3.05, 3.63) is 42.9 Å². The first-order valence-corrected chi connectivity index (χ1v) is 8.60. The number of nitrogens with one attached hydrogen (secondary N) is 1. The molecule has 0 spiro atoms. The van der Waals surface area contributed by atoms with Gasteiger partial charge in [0.15, 0.2) is 5.13 Å². The maximum atomic E-state index is 12.1. The van der Waals surface area contributed by atoms with Gasteiger partial charge in [0.25, 0.3) is 0 Å². The predicted octanol–water partition coefficient (Wildman–Crippen LogP) is 3.77. The number of anilines is 1. The van der Waals surface area contributed by atoms with Gasteiger partial charge in [0.2, 0.25) is 5.91 Å². The van der Waals surface area contributed by atoms with Crippen molar-refractivity contribution in [2.45, 2.75) is 13.5 Å². The lowest BCUT2D eigenvalue weighted by Crippen LogP contribution is -2.25. The van der Waals surface area contributed by atoms with Crippen molar-refractivity contribution < 1.29 is 4.79 Å². The van der Waals surface area contributed by atoms with Crippen molar-refractivity contribution in [1.29, 1.82) is 0 Å². The third kappa shape index (κ3) is 2.89. The molecule has 2 heterocycles. The van der Waals surface area contributed by atoms with E-state index in [0.717, 1.165) is 21.7 Å². The van der Waals surface area contributed by atoms with Gasteiger partial charge in [0.1, 0.15) is 12.1 Å². The molecular weight excluding hydrogens is 365 g/mol. The Morgan fingerprint density at radius 3 is 2.86 bits per heavy atom. The van der Waals surface area contributed by atoms with Crippen molar-refractivity contribution in [1.82, 2.24) is 9.55 Å². The fraction of sp³-hybridized carbons (Fsp3) is 0.154. The summed E-state index contributed by atoms with van der Waals surface area (Å²) in [4.78, 5) is 27.8. The molecule has 0 aliphatic carbocycles. The highest BCUT2D eigenvalue weighted by atomic mass is 35.5. The normalized spacial score (nSPS) is 11.0. The van der Waals surface area contributed by atoms with Gasteiger partial charge in [-0.3, -0.25) is 14.2 Å². The van der Waals surface area contributed by atoms with Crippen LogP contribution in [0.25, 0.3) is 10.2 Å². The Bertz CT molecular complexity index is 929. The Labute approximate surface area is 143 Å². The summed E-state index contributed by atoms with van der Waals surface area (Å²) in [5, 5.41) is 5.60. The molecule has 0 radical (unpaired) electrons. The summed E-state index contributed by atoms with van der Waals surface area (Å²) in [5.41, 5.74) is 1.31. The van der Waals surface area contributed by atoms with Gasteiger partial charge in [-0.05, 0) is 19.1 Å². The maximum Gasteiger partial charge on any atom is 0.307 e. The van der Waals surface area contributed by atoms with E-state index in [9.17, 15) is 9.59 Å². The van der Waals surface area contributed by atoms with E-state index in [4.69, 9.17) is 23.2 Å². The molecule has 3 rings (SSSR count). The number of thiazole rings is 2. The van der Waals surface area contributed by atoms with Crippen LogP contribution < -0.4 is 10.2 Å². The minimum absolute atomic E-state index is 0.0431. The van der Waals surface area contributed by atoms with Gasteiger partial charge in [-0.2, -0.15) is 0 Å². The molecule has 1 aromatic carbocycles. The zero-order valence-electron chi connectivity index (χ0n) is 11.2. The molecule has 0 saturated heterocycles. The molecule has 0 bridgehead atoms. The first-order valence-electron chi connectivity index (χ1n) is 6.15. The number of carbonyl (C=O) groups excluding carboxylic acids is 1. The Balaban J connectivity index is 1.83. The number of aryl methyl sites for hydroxylation is 1. The summed E-state index contributed by atoms with van der Waals surface area (Å²) in [6, 6.07) is 3.48. The third-order valence-corrected chi connectivity index (χ3v) is 5.59. The van der Waals surface area contributed by atoms with Gasteiger partial charge < -0.3 is 5.32 Å². The van der Waals surface area contributed by atoms with Crippen molar-refractivity contribution in [2.75, 3.05) is 5.32 Å². The van der Waals surface area contributed by atoms with E-state index >= 15 is 0 Å². The smallest absolute Gasteiger partial charge is 0.300 e. The van der Waals surface area contributed by atoms with Gasteiger partial charge in [0, 0.05) is 11.1 Å². The summed E-state index contributed by atoms with van der Waals surface area (Å²) in [6.45, 7) is 1.74. The number of hydrogen-bond donors (Lipinski definition) is 1. The molecule has 0 unspecified atom stereocenters. The highest BCUT2D eigenvalue weighted by Gasteiger charge is 2.13. The van der Waals surface area contributed by atoms with Gasteiger partial charge in [0.05, 0.1) is 14.7 Å². The number of rotatable bonds is 3. The fourth-order valence-corrected chi connectivity index (χ4v) is 3.93. The number of nitrogens with zero attached hydrogens (tertiary/aromatic N) is 2. The molecule has 22 heavy (non-hydrogen) atoms. The average Bonchev–Trinajstić information content (AvgIpc) is 3.01. The van der Waals surface area contributed by atoms with E-state index in [-0.39, 0.29) is 17.3 Å². The zero-order chi connectivity index (χ0) is 15.9. The van der Waals surface area contributed by atoms with E-state index in [1.807, 2.05) is 0 Å². The number of fused-ring (bicyclic) bond motifs is 1. The van der Waals surface area contributed by atoms with E-state index in [1.54, 1.807) is 24.4 Å². The SMILES string of the molecule is Cc1csc(=O)n1CC(=O)Nc1nc2c(Cl)c(Cl)ccc2s1. The Morgan fingerprint density at radius 2 is 2.18 bits per heavy atom. The minimum Gasteiger partial charge on any atom is -0.300 e. The van der Waals surface area contributed by atoms with E-state index < -0.39 is 0 Å². The summed E-state index contributed by atoms with van der Waals surface area (Å²) in [6.07, 6.45) is 0. The first-order chi connectivity index (χ1) is 10.5. The summed E-state index contributed by atoms with van der Waals surface area (Å²) >= 11 is 14.4. The van der Waals surface area contributed by atoms with Crippen molar-refractivity contribution in [3.8, 4) is 0 Å². The van der Waals surface area contributed by atoms with Crippen LogP contribution in [0.1, 0.15) is 5.69 Å². The summed E-state index contributed by atoms with van der Waals surface area (Å²) in [5.74, 6) is -0.315. The van der Waals surface area contributed by atoms with Crippen LogP contribution in [0.15, 0.2) is 22.3 Å². The van der Waals surface area contributed by atoms with Crippen LogP contribution in [0.2, 0.25) is 10.0 Å². The quantitative estimate of drug-likeness (QED) is 0.759. The molecule has 114 valence electrons. The molecule has 0 fully saturated rings. The minimum atomic E-state index is -0.315. The molecule has 0 saturated carbocycles. The molecule has 1 amide bonds. The second kappa shape index (κ2) is 6.00. The van der Waals surface area contributed by atoms with Crippen LogP contribution >= 0.6 is 45.9 Å². The lowest BCUT2D eigenvalue weighted by molar-refractivity contribution is -0.116. The second-order valence-corrected chi connectivity index (χ2v) is 7.14. The Kier molecular flexibility index (Phi) is 4.22. The molecule has 0 aliphatic rings. The average molecular weight is 374 g/mol. The highest BCUT2D eigenvalue weighted by Crippen LogP contribution is 2.35. The zero-order valence-corrected chi connectivity index (χ0v) is 14.4. The summed E-state index contributed by atoms with van der Waals surface area (Å²) < 4.78 is 2.24. The molecule has 1 N–H and O–H groups in total. The monoisotopic (exact) mass is 373 g/mol. The third-order valence-electron chi connectivity index (χ3n) is 2.98. The number of hydrogen-bond acceptors (Lipinski definition) is 5. The molecule has 5 nitrogen and oxygen atoms in total. The van der Waals surface area contributed by atoms with E-state index in [2.05, 4.69) is 10.3 Å². The van der Waals surface area contributed by atoms with Crippen molar-refractivity contribution in [3.63, 3.8) is 0 Å². The van der Waals surface area contributed by atoms with Gasteiger partial charge in [-0.25, -0.2) is 4.98 Å². The molecule has 0 aliphatic heterocycles. The van der Waals surface area contributed by atoms with Crippen LogP contribution in [0.4, 0.5) is 5.13 Å². The summed E-state index contributed by atoms with van der Waals surface area (Å²) in [7, 11) is 0.